The van der Waals surface area contributed by atoms with Crippen molar-refractivity contribution in [1.29, 1.82) is 0 Å². The monoisotopic (exact) mass is 237 g/mol. The number of hydrogen-bond acceptors (Lipinski definition) is 4. The third kappa shape index (κ3) is 2.37. The topological polar surface area (TPSA) is 69.6 Å². The summed E-state index contributed by atoms with van der Waals surface area (Å²) in [7, 11) is 1.84. The summed E-state index contributed by atoms with van der Waals surface area (Å²) in [5, 5.41) is 4.59. The summed E-state index contributed by atoms with van der Waals surface area (Å²) in [6.45, 7) is 0. The zero-order chi connectivity index (χ0) is 11.5. The molecule has 0 radical (unpaired) electrons. The Kier molecular flexibility index (Phi) is 3.17. The highest BCUT2D eigenvalue weighted by Crippen LogP contribution is 2.14. The first kappa shape index (κ1) is 11.0. The van der Waals surface area contributed by atoms with Gasteiger partial charge in [0.15, 0.2) is 0 Å². The third-order valence-corrected chi connectivity index (χ3v) is 2.56. The number of nitrogens with zero attached hydrogens (tertiary/aromatic N) is 4. The molecule has 0 fully saturated rings. The van der Waals surface area contributed by atoms with Crippen LogP contribution in [0, 0.1) is 0 Å². The van der Waals surface area contributed by atoms with Crippen molar-refractivity contribution in [2.75, 3.05) is 0 Å². The van der Waals surface area contributed by atoms with E-state index < -0.39 is 0 Å². The number of rotatable bonds is 3. The molecule has 1 atom stereocenters. The molecule has 2 aromatic heterocycles. The van der Waals surface area contributed by atoms with Crippen LogP contribution in [0.3, 0.4) is 0 Å². The number of pyridine rings is 1. The lowest BCUT2D eigenvalue weighted by Crippen LogP contribution is -2.17. The van der Waals surface area contributed by atoms with E-state index in [9.17, 15) is 0 Å². The zero-order valence-electron chi connectivity index (χ0n) is 8.84. The van der Waals surface area contributed by atoms with Gasteiger partial charge in [-0.3, -0.25) is 9.67 Å². The highest BCUT2D eigenvalue weighted by Gasteiger charge is 2.11. The van der Waals surface area contributed by atoms with E-state index in [1.165, 1.54) is 6.33 Å². The van der Waals surface area contributed by atoms with Crippen LogP contribution in [-0.2, 0) is 13.5 Å². The fourth-order valence-electron chi connectivity index (χ4n) is 1.41. The van der Waals surface area contributed by atoms with Crippen molar-refractivity contribution in [1.82, 2.24) is 19.7 Å². The maximum Gasteiger partial charge on any atom is 0.138 e. The molecule has 0 aromatic carbocycles. The quantitative estimate of drug-likeness (QED) is 0.868. The lowest BCUT2D eigenvalue weighted by atomic mass is 10.1. The fraction of sp³-hybridized carbons (Fsp3) is 0.300. The standard InChI is InChI=1S/C10H12ClN5/c1-16-10(14-6-15-16)4-8(12)9-3-2-7(11)5-13-9/h2-3,5-6,8H,4,12H2,1H3. The van der Waals surface area contributed by atoms with Crippen LogP contribution in [0.5, 0.6) is 0 Å². The molecule has 2 aromatic rings. The molecule has 2 N–H and O–H groups in total. The van der Waals surface area contributed by atoms with Crippen LogP contribution in [-0.4, -0.2) is 19.7 Å². The molecule has 6 heteroatoms. The maximum atomic E-state index is 6.02. The van der Waals surface area contributed by atoms with Crippen molar-refractivity contribution in [3.05, 3.63) is 41.2 Å². The Morgan fingerprint density at radius 1 is 1.44 bits per heavy atom. The molecular weight excluding hydrogens is 226 g/mol. The number of aryl methyl sites for hydroxylation is 1. The minimum Gasteiger partial charge on any atom is -0.322 e. The summed E-state index contributed by atoms with van der Waals surface area (Å²) in [6.07, 6.45) is 3.70. The van der Waals surface area contributed by atoms with Gasteiger partial charge >= 0.3 is 0 Å². The number of nitrogens with two attached hydrogens (primary N) is 1. The van der Waals surface area contributed by atoms with Gasteiger partial charge in [-0.1, -0.05) is 11.6 Å². The second kappa shape index (κ2) is 4.59. The van der Waals surface area contributed by atoms with Crippen molar-refractivity contribution in [2.24, 2.45) is 12.8 Å². The molecule has 2 heterocycles. The lowest BCUT2D eigenvalue weighted by Gasteiger charge is -2.10. The number of aromatic nitrogens is 4. The highest BCUT2D eigenvalue weighted by atomic mass is 35.5. The number of halogens is 1. The van der Waals surface area contributed by atoms with Gasteiger partial charge in [0.1, 0.15) is 12.2 Å². The Morgan fingerprint density at radius 3 is 2.81 bits per heavy atom. The highest BCUT2D eigenvalue weighted by molar-refractivity contribution is 6.30. The molecule has 0 aliphatic heterocycles. The molecule has 0 amide bonds. The van der Waals surface area contributed by atoms with Gasteiger partial charge in [0.25, 0.3) is 0 Å². The molecular formula is C10H12ClN5. The van der Waals surface area contributed by atoms with Gasteiger partial charge in [-0.2, -0.15) is 5.10 Å². The van der Waals surface area contributed by atoms with Crippen LogP contribution in [0.2, 0.25) is 5.02 Å². The lowest BCUT2D eigenvalue weighted by molar-refractivity contribution is 0.618. The van der Waals surface area contributed by atoms with Crippen molar-refractivity contribution in [2.45, 2.75) is 12.5 Å². The van der Waals surface area contributed by atoms with E-state index in [1.807, 2.05) is 13.1 Å². The van der Waals surface area contributed by atoms with Gasteiger partial charge in [-0.25, -0.2) is 4.98 Å². The van der Waals surface area contributed by atoms with Crippen molar-refractivity contribution >= 4 is 11.6 Å². The first-order chi connectivity index (χ1) is 7.66. The summed E-state index contributed by atoms with van der Waals surface area (Å²) in [5.41, 5.74) is 6.82. The Bertz CT molecular complexity index is 464. The molecule has 2 rings (SSSR count). The largest absolute Gasteiger partial charge is 0.322 e. The summed E-state index contributed by atoms with van der Waals surface area (Å²) in [5.74, 6) is 0.837. The van der Waals surface area contributed by atoms with Crippen LogP contribution >= 0.6 is 11.6 Å². The Labute approximate surface area is 98.3 Å². The molecule has 16 heavy (non-hydrogen) atoms. The SMILES string of the molecule is Cn1ncnc1CC(N)c1ccc(Cl)cn1. The average molecular weight is 238 g/mol. The molecule has 0 bridgehead atoms. The second-order valence-electron chi connectivity index (χ2n) is 3.51. The Morgan fingerprint density at radius 2 is 2.25 bits per heavy atom. The predicted octanol–water partition coefficient (Wildman–Crippen LogP) is 1.11. The molecule has 0 spiro atoms. The van der Waals surface area contributed by atoms with E-state index in [1.54, 1.807) is 16.9 Å². The first-order valence-corrected chi connectivity index (χ1v) is 5.24. The third-order valence-electron chi connectivity index (χ3n) is 2.34. The van der Waals surface area contributed by atoms with E-state index in [4.69, 9.17) is 17.3 Å². The maximum absolute atomic E-state index is 6.02. The Balaban J connectivity index is 2.11. The molecule has 0 saturated carbocycles. The van der Waals surface area contributed by atoms with Gasteiger partial charge in [0.05, 0.1) is 16.8 Å². The Hall–Kier alpha value is -1.46. The van der Waals surface area contributed by atoms with Crippen molar-refractivity contribution in [3.8, 4) is 0 Å². The van der Waals surface area contributed by atoms with Crippen LogP contribution < -0.4 is 5.73 Å². The zero-order valence-corrected chi connectivity index (χ0v) is 9.59. The van der Waals surface area contributed by atoms with Crippen molar-refractivity contribution in [3.63, 3.8) is 0 Å². The smallest absolute Gasteiger partial charge is 0.138 e. The fourth-order valence-corrected chi connectivity index (χ4v) is 1.52. The van der Waals surface area contributed by atoms with Gasteiger partial charge < -0.3 is 5.73 Å². The van der Waals surface area contributed by atoms with Crippen LogP contribution in [0.4, 0.5) is 0 Å². The normalized spacial score (nSPS) is 12.7. The van der Waals surface area contributed by atoms with Gasteiger partial charge in [-0.15, -0.1) is 0 Å². The minimum absolute atomic E-state index is 0.194. The minimum atomic E-state index is -0.194. The summed E-state index contributed by atoms with van der Waals surface area (Å²) < 4.78 is 1.70. The molecule has 0 saturated heterocycles. The van der Waals surface area contributed by atoms with E-state index >= 15 is 0 Å². The van der Waals surface area contributed by atoms with E-state index in [0.717, 1.165) is 11.5 Å². The van der Waals surface area contributed by atoms with Gasteiger partial charge in [-0.05, 0) is 12.1 Å². The van der Waals surface area contributed by atoms with Crippen LogP contribution in [0.15, 0.2) is 24.7 Å². The predicted molar refractivity (Wildman–Crippen MR) is 60.9 cm³/mol. The molecule has 5 nitrogen and oxygen atoms in total. The summed E-state index contributed by atoms with van der Waals surface area (Å²) in [6, 6.07) is 3.41. The second-order valence-corrected chi connectivity index (χ2v) is 3.95. The van der Waals surface area contributed by atoms with Gasteiger partial charge in [0.2, 0.25) is 0 Å². The summed E-state index contributed by atoms with van der Waals surface area (Å²) >= 11 is 5.75. The van der Waals surface area contributed by atoms with Gasteiger partial charge in [0, 0.05) is 19.7 Å². The average Bonchev–Trinajstić information content (AvgIpc) is 2.65. The van der Waals surface area contributed by atoms with Crippen LogP contribution in [0.1, 0.15) is 17.6 Å². The molecule has 1 unspecified atom stereocenters. The van der Waals surface area contributed by atoms with Crippen LogP contribution in [0.25, 0.3) is 0 Å². The first-order valence-electron chi connectivity index (χ1n) is 4.86. The van der Waals surface area contributed by atoms with Crippen molar-refractivity contribution < 1.29 is 0 Å². The van der Waals surface area contributed by atoms with E-state index in [-0.39, 0.29) is 6.04 Å². The van der Waals surface area contributed by atoms with E-state index in [2.05, 4.69) is 15.1 Å². The molecule has 0 aliphatic rings. The molecule has 0 aliphatic carbocycles. The molecule has 84 valence electrons. The summed E-state index contributed by atoms with van der Waals surface area (Å²) in [4.78, 5) is 8.29. The number of hydrogen-bond donors (Lipinski definition) is 1. The van der Waals surface area contributed by atoms with E-state index in [0.29, 0.717) is 11.4 Å².